The Labute approximate surface area is 84.9 Å². The summed E-state index contributed by atoms with van der Waals surface area (Å²) in [7, 11) is 0. The van der Waals surface area contributed by atoms with Gasteiger partial charge in [0.15, 0.2) is 5.78 Å². The Morgan fingerprint density at radius 2 is 2.29 bits per heavy atom. The number of rotatable bonds is 5. The third-order valence-corrected chi connectivity index (χ3v) is 1.87. The summed E-state index contributed by atoms with van der Waals surface area (Å²) in [5.74, 6) is 0.879. The molecule has 0 aliphatic heterocycles. The molecule has 0 N–H and O–H groups in total. The second kappa shape index (κ2) is 5.43. The highest BCUT2D eigenvalue weighted by molar-refractivity contribution is 5.96. The van der Waals surface area contributed by atoms with Gasteiger partial charge >= 0.3 is 0 Å². The summed E-state index contributed by atoms with van der Waals surface area (Å²) in [5, 5.41) is 0. The zero-order valence-corrected chi connectivity index (χ0v) is 8.45. The van der Waals surface area contributed by atoms with Gasteiger partial charge < -0.3 is 4.74 Å². The normalized spacial score (nSPS) is 9.86. The van der Waals surface area contributed by atoms with Crippen LogP contribution >= 0.6 is 0 Å². The molecular formula is C12H15O2. The molecule has 14 heavy (non-hydrogen) atoms. The van der Waals surface area contributed by atoms with Crippen molar-refractivity contribution >= 4 is 5.78 Å². The van der Waals surface area contributed by atoms with Crippen LogP contribution in [0.1, 0.15) is 30.1 Å². The molecule has 0 aliphatic rings. The molecule has 2 nitrogen and oxygen atoms in total. The topological polar surface area (TPSA) is 26.3 Å². The minimum Gasteiger partial charge on any atom is -0.494 e. The van der Waals surface area contributed by atoms with E-state index in [2.05, 4.69) is 6.92 Å². The predicted octanol–water partition coefficient (Wildman–Crippen LogP) is 2.88. The zero-order chi connectivity index (χ0) is 10.4. The minimum atomic E-state index is 0.126. The number of carbonyl (C=O) groups is 1. The van der Waals surface area contributed by atoms with E-state index in [1.807, 2.05) is 19.1 Å². The lowest BCUT2D eigenvalue weighted by Gasteiger charge is -2.04. The highest BCUT2D eigenvalue weighted by Gasteiger charge is 2.04. The maximum atomic E-state index is 11.5. The Hall–Kier alpha value is -1.31. The van der Waals surface area contributed by atoms with Gasteiger partial charge in [-0.25, -0.2) is 0 Å². The van der Waals surface area contributed by atoms with Gasteiger partial charge in [0.05, 0.1) is 6.61 Å². The van der Waals surface area contributed by atoms with Gasteiger partial charge in [0.2, 0.25) is 0 Å². The molecule has 0 atom stereocenters. The fraction of sp³-hybridized carbons (Fsp3) is 0.333. The molecule has 1 aromatic rings. The van der Waals surface area contributed by atoms with Crippen LogP contribution in [0, 0.1) is 6.92 Å². The Morgan fingerprint density at radius 3 is 2.93 bits per heavy atom. The van der Waals surface area contributed by atoms with Crippen LogP contribution in [0.5, 0.6) is 5.75 Å². The number of ketones is 1. The molecule has 0 saturated heterocycles. The third-order valence-electron chi connectivity index (χ3n) is 1.87. The first-order valence-corrected chi connectivity index (χ1v) is 4.83. The summed E-state index contributed by atoms with van der Waals surface area (Å²) < 4.78 is 5.31. The highest BCUT2D eigenvalue weighted by Crippen LogP contribution is 2.14. The summed E-state index contributed by atoms with van der Waals surface area (Å²) in [6, 6.07) is 7.27. The van der Waals surface area contributed by atoms with E-state index < -0.39 is 0 Å². The lowest BCUT2D eigenvalue weighted by Crippen LogP contribution is -1.99. The van der Waals surface area contributed by atoms with Crippen LogP contribution in [0.15, 0.2) is 24.3 Å². The van der Waals surface area contributed by atoms with E-state index in [1.54, 1.807) is 12.1 Å². The second-order valence-corrected chi connectivity index (χ2v) is 2.99. The van der Waals surface area contributed by atoms with Crippen molar-refractivity contribution in [2.75, 3.05) is 6.61 Å². The smallest absolute Gasteiger partial charge is 0.163 e. The zero-order valence-electron chi connectivity index (χ0n) is 8.45. The number of hydrogen-bond donors (Lipinski definition) is 0. The fourth-order valence-corrected chi connectivity index (χ4v) is 1.23. The summed E-state index contributed by atoms with van der Waals surface area (Å²) in [6.07, 6.45) is 1.13. The molecule has 2 heteroatoms. The molecule has 0 unspecified atom stereocenters. The van der Waals surface area contributed by atoms with Gasteiger partial charge in [-0.15, -0.1) is 0 Å². The van der Waals surface area contributed by atoms with Crippen LogP contribution in [0.3, 0.4) is 0 Å². The summed E-state index contributed by atoms with van der Waals surface area (Å²) in [4.78, 5) is 11.5. The Kier molecular flexibility index (Phi) is 4.17. The van der Waals surface area contributed by atoms with Gasteiger partial charge in [0.1, 0.15) is 5.75 Å². The number of hydrogen-bond acceptors (Lipinski definition) is 2. The maximum absolute atomic E-state index is 11.5. The van der Waals surface area contributed by atoms with Gasteiger partial charge in [-0.3, -0.25) is 4.79 Å². The molecule has 0 amide bonds. The first kappa shape index (κ1) is 10.8. The van der Waals surface area contributed by atoms with E-state index in [0.717, 1.165) is 5.75 Å². The Balaban J connectivity index is 2.77. The molecule has 0 fully saturated rings. The SMILES string of the molecule is [CH2]CCC(=O)c1cccc(OCC)c1. The molecule has 1 aromatic carbocycles. The lowest BCUT2D eigenvalue weighted by atomic mass is 10.1. The van der Waals surface area contributed by atoms with Gasteiger partial charge in [-0.2, -0.15) is 0 Å². The van der Waals surface area contributed by atoms with Crippen LogP contribution < -0.4 is 4.74 Å². The van der Waals surface area contributed by atoms with E-state index in [1.165, 1.54) is 0 Å². The molecule has 0 bridgehead atoms. The molecular weight excluding hydrogens is 176 g/mol. The Morgan fingerprint density at radius 1 is 1.50 bits per heavy atom. The van der Waals surface area contributed by atoms with E-state index >= 15 is 0 Å². The van der Waals surface area contributed by atoms with E-state index in [0.29, 0.717) is 25.0 Å². The number of carbonyl (C=O) groups excluding carboxylic acids is 1. The quantitative estimate of drug-likeness (QED) is 0.669. The van der Waals surface area contributed by atoms with Crippen molar-refractivity contribution in [2.24, 2.45) is 0 Å². The molecule has 0 aliphatic carbocycles. The fourth-order valence-electron chi connectivity index (χ4n) is 1.23. The van der Waals surface area contributed by atoms with Gasteiger partial charge in [0.25, 0.3) is 0 Å². The van der Waals surface area contributed by atoms with Crippen molar-refractivity contribution in [2.45, 2.75) is 19.8 Å². The van der Waals surface area contributed by atoms with Crippen LogP contribution in [0.2, 0.25) is 0 Å². The average Bonchev–Trinajstić information content (AvgIpc) is 2.19. The van der Waals surface area contributed by atoms with E-state index in [9.17, 15) is 4.79 Å². The summed E-state index contributed by atoms with van der Waals surface area (Å²) in [5.41, 5.74) is 0.708. The average molecular weight is 191 g/mol. The van der Waals surface area contributed by atoms with Crippen molar-refractivity contribution in [1.82, 2.24) is 0 Å². The second-order valence-electron chi connectivity index (χ2n) is 2.99. The standard InChI is InChI=1S/C12H15O2/c1-3-6-12(13)10-7-5-8-11(9-10)14-4-2/h5,7-9H,1,3-4,6H2,2H3. The molecule has 0 aromatic heterocycles. The minimum absolute atomic E-state index is 0.126. The van der Waals surface area contributed by atoms with Crippen molar-refractivity contribution in [3.8, 4) is 5.75 Å². The molecule has 75 valence electrons. The third kappa shape index (κ3) is 2.87. The van der Waals surface area contributed by atoms with Gasteiger partial charge in [0, 0.05) is 12.0 Å². The van der Waals surface area contributed by atoms with Crippen LogP contribution in [-0.2, 0) is 0 Å². The molecule has 0 saturated carbocycles. The van der Waals surface area contributed by atoms with Crippen molar-refractivity contribution in [3.63, 3.8) is 0 Å². The lowest BCUT2D eigenvalue weighted by molar-refractivity contribution is 0.0983. The molecule has 1 rings (SSSR count). The van der Waals surface area contributed by atoms with E-state index in [-0.39, 0.29) is 5.78 Å². The van der Waals surface area contributed by atoms with Crippen molar-refractivity contribution < 1.29 is 9.53 Å². The van der Waals surface area contributed by atoms with Crippen LogP contribution in [0.4, 0.5) is 0 Å². The number of benzene rings is 1. The number of Topliss-reactive ketones (excluding diaryl/α,β-unsaturated/α-hetero) is 1. The summed E-state index contributed by atoms with van der Waals surface area (Å²) >= 11 is 0. The molecule has 0 spiro atoms. The van der Waals surface area contributed by atoms with Crippen molar-refractivity contribution in [1.29, 1.82) is 0 Å². The monoisotopic (exact) mass is 191 g/mol. The largest absolute Gasteiger partial charge is 0.494 e. The first-order chi connectivity index (χ1) is 6.77. The first-order valence-electron chi connectivity index (χ1n) is 4.83. The highest BCUT2D eigenvalue weighted by atomic mass is 16.5. The van der Waals surface area contributed by atoms with Crippen molar-refractivity contribution in [3.05, 3.63) is 36.8 Å². The Bertz CT molecular complexity index is 305. The van der Waals surface area contributed by atoms with Gasteiger partial charge in [-0.1, -0.05) is 19.1 Å². The number of ether oxygens (including phenoxy) is 1. The molecule has 1 radical (unpaired) electrons. The predicted molar refractivity (Wildman–Crippen MR) is 56.5 cm³/mol. The van der Waals surface area contributed by atoms with Crippen LogP contribution in [-0.4, -0.2) is 12.4 Å². The summed E-state index contributed by atoms with van der Waals surface area (Å²) in [6.45, 7) is 6.20. The van der Waals surface area contributed by atoms with Crippen LogP contribution in [0.25, 0.3) is 0 Å². The van der Waals surface area contributed by atoms with Gasteiger partial charge in [-0.05, 0) is 25.5 Å². The molecule has 0 heterocycles. The maximum Gasteiger partial charge on any atom is 0.163 e. The van der Waals surface area contributed by atoms with E-state index in [4.69, 9.17) is 4.74 Å².